The van der Waals surface area contributed by atoms with Crippen molar-refractivity contribution in [2.45, 2.75) is 19.4 Å². The molecule has 1 fully saturated rings. The molecule has 0 spiro atoms. The Morgan fingerprint density at radius 3 is 2.70 bits per heavy atom. The Morgan fingerprint density at radius 2 is 1.90 bits per heavy atom. The van der Waals surface area contributed by atoms with Crippen LogP contribution in [0.25, 0.3) is 5.52 Å². The molecule has 1 saturated heterocycles. The third-order valence-corrected chi connectivity index (χ3v) is 6.33. The number of rotatable bonds is 8. The first-order valence-electron chi connectivity index (χ1n) is 10.3. The summed E-state index contributed by atoms with van der Waals surface area (Å²) in [6.45, 7) is 5.67. The van der Waals surface area contributed by atoms with Gasteiger partial charge in [-0.25, -0.2) is 4.52 Å². The molecule has 4 rings (SSSR count). The van der Waals surface area contributed by atoms with Gasteiger partial charge in [0.05, 0.1) is 40.7 Å². The number of fused-ring (bicyclic) bond motifs is 1. The highest BCUT2D eigenvalue weighted by Crippen LogP contribution is 2.32. The summed E-state index contributed by atoms with van der Waals surface area (Å²) < 4.78 is 7.64. The largest absolute Gasteiger partial charge is 0.493 e. The van der Waals surface area contributed by atoms with Crippen LogP contribution in [0.2, 0.25) is 10.0 Å². The van der Waals surface area contributed by atoms with Gasteiger partial charge in [0.15, 0.2) is 0 Å². The average Bonchev–Trinajstić information content (AvgIpc) is 3.18. The first-order chi connectivity index (χ1) is 14.7. The van der Waals surface area contributed by atoms with Gasteiger partial charge in [-0.2, -0.15) is 5.10 Å². The SMILES string of the molecule is OCc1cnn2ccc(OCCCCN3CCN(c4cccc(Cl)c4Cl)CC3)cc12. The normalized spacial score (nSPS) is 15.1. The molecule has 1 aliphatic rings. The van der Waals surface area contributed by atoms with Crippen LogP contribution >= 0.6 is 23.2 Å². The van der Waals surface area contributed by atoms with Crippen LogP contribution in [-0.4, -0.2) is 59.0 Å². The number of anilines is 1. The predicted molar refractivity (Wildman–Crippen MR) is 121 cm³/mol. The maximum Gasteiger partial charge on any atom is 0.122 e. The fourth-order valence-corrected chi connectivity index (χ4v) is 4.22. The number of halogens is 2. The Balaban J connectivity index is 1.18. The number of nitrogens with zero attached hydrogens (tertiary/aromatic N) is 4. The maximum atomic E-state index is 9.38. The molecule has 1 N–H and O–H groups in total. The van der Waals surface area contributed by atoms with Crippen LogP contribution < -0.4 is 9.64 Å². The van der Waals surface area contributed by atoms with Crippen molar-refractivity contribution in [3.8, 4) is 5.75 Å². The summed E-state index contributed by atoms with van der Waals surface area (Å²) in [6.07, 6.45) is 5.63. The summed E-state index contributed by atoms with van der Waals surface area (Å²) in [7, 11) is 0. The summed E-state index contributed by atoms with van der Waals surface area (Å²) in [5, 5.41) is 14.8. The smallest absolute Gasteiger partial charge is 0.122 e. The molecule has 160 valence electrons. The second-order valence-corrected chi connectivity index (χ2v) is 8.26. The van der Waals surface area contributed by atoms with E-state index in [1.54, 1.807) is 10.7 Å². The highest BCUT2D eigenvalue weighted by atomic mass is 35.5. The number of hydrogen-bond acceptors (Lipinski definition) is 5. The summed E-state index contributed by atoms with van der Waals surface area (Å²) in [6, 6.07) is 9.64. The second-order valence-electron chi connectivity index (χ2n) is 7.48. The Bertz CT molecular complexity index is 986. The standard InChI is InChI=1S/C22H26Cl2N4O2/c23-19-4-3-5-20(22(19)24)27-11-9-26(10-12-27)7-1-2-13-30-18-6-8-28-21(14-18)17(16-29)15-25-28/h3-6,8,14-15,29H,1-2,7,9-13,16H2. The van der Waals surface area contributed by atoms with E-state index in [0.29, 0.717) is 16.7 Å². The fourth-order valence-electron chi connectivity index (χ4n) is 3.80. The van der Waals surface area contributed by atoms with Crippen molar-refractivity contribution >= 4 is 34.4 Å². The average molecular weight is 449 g/mol. The summed E-state index contributed by atoms with van der Waals surface area (Å²) in [5.41, 5.74) is 2.71. The molecule has 0 amide bonds. The number of unbranched alkanes of at least 4 members (excludes halogenated alkanes) is 1. The third-order valence-electron chi connectivity index (χ3n) is 5.52. The number of benzene rings is 1. The lowest BCUT2D eigenvalue weighted by Crippen LogP contribution is -2.46. The van der Waals surface area contributed by atoms with Gasteiger partial charge in [0.25, 0.3) is 0 Å². The van der Waals surface area contributed by atoms with E-state index in [1.165, 1.54) is 0 Å². The number of pyridine rings is 1. The molecule has 0 atom stereocenters. The molecule has 0 bridgehead atoms. The predicted octanol–water partition coefficient (Wildman–Crippen LogP) is 4.11. The van der Waals surface area contributed by atoms with Gasteiger partial charge in [-0.15, -0.1) is 0 Å². The molecule has 3 aromatic rings. The Kier molecular flexibility index (Phi) is 7.00. The van der Waals surface area contributed by atoms with E-state index < -0.39 is 0 Å². The molecule has 1 aliphatic heterocycles. The number of hydrogen-bond donors (Lipinski definition) is 1. The van der Waals surface area contributed by atoms with Crippen molar-refractivity contribution in [2.75, 3.05) is 44.2 Å². The van der Waals surface area contributed by atoms with Crippen molar-refractivity contribution < 1.29 is 9.84 Å². The van der Waals surface area contributed by atoms with Gasteiger partial charge in [-0.3, -0.25) is 4.90 Å². The van der Waals surface area contributed by atoms with E-state index in [0.717, 1.165) is 68.1 Å². The number of aliphatic hydroxyl groups excluding tert-OH is 1. The molecule has 0 aliphatic carbocycles. The molecule has 0 unspecified atom stereocenters. The zero-order chi connectivity index (χ0) is 20.9. The van der Waals surface area contributed by atoms with Gasteiger partial charge < -0.3 is 14.7 Å². The molecule has 6 nitrogen and oxygen atoms in total. The molecule has 0 saturated carbocycles. The second kappa shape index (κ2) is 9.88. The Hall–Kier alpha value is -1.99. The highest BCUT2D eigenvalue weighted by molar-refractivity contribution is 6.43. The number of aromatic nitrogens is 2. The van der Waals surface area contributed by atoms with Crippen LogP contribution in [0, 0.1) is 0 Å². The lowest BCUT2D eigenvalue weighted by atomic mass is 10.2. The van der Waals surface area contributed by atoms with Gasteiger partial charge >= 0.3 is 0 Å². The van der Waals surface area contributed by atoms with E-state index in [1.807, 2.05) is 36.5 Å². The minimum atomic E-state index is -0.0241. The topological polar surface area (TPSA) is 53.2 Å². The van der Waals surface area contributed by atoms with Crippen LogP contribution in [0.4, 0.5) is 5.69 Å². The highest BCUT2D eigenvalue weighted by Gasteiger charge is 2.19. The van der Waals surface area contributed by atoms with Crippen LogP contribution in [0.3, 0.4) is 0 Å². The van der Waals surface area contributed by atoms with Gasteiger partial charge in [0, 0.05) is 44.0 Å². The molecule has 8 heteroatoms. The molecule has 0 radical (unpaired) electrons. The van der Waals surface area contributed by atoms with Gasteiger partial charge in [0.2, 0.25) is 0 Å². The summed E-state index contributed by atoms with van der Waals surface area (Å²) in [4.78, 5) is 4.79. The molecule has 1 aromatic carbocycles. The number of aliphatic hydroxyl groups is 1. The fraction of sp³-hybridized carbons (Fsp3) is 0.409. The quantitative estimate of drug-likeness (QED) is 0.525. The zero-order valence-corrected chi connectivity index (χ0v) is 18.3. The molecular formula is C22H26Cl2N4O2. The van der Waals surface area contributed by atoms with E-state index >= 15 is 0 Å². The third kappa shape index (κ3) is 4.83. The van der Waals surface area contributed by atoms with Crippen molar-refractivity contribution in [1.82, 2.24) is 14.5 Å². The first-order valence-corrected chi connectivity index (χ1v) is 11.0. The molecule has 3 heterocycles. The Labute approximate surface area is 186 Å². The van der Waals surface area contributed by atoms with Gasteiger partial charge in [0.1, 0.15) is 5.75 Å². The monoisotopic (exact) mass is 448 g/mol. The van der Waals surface area contributed by atoms with E-state index in [-0.39, 0.29) is 6.61 Å². The van der Waals surface area contributed by atoms with E-state index in [9.17, 15) is 5.11 Å². The summed E-state index contributed by atoms with van der Waals surface area (Å²) in [5.74, 6) is 0.810. The van der Waals surface area contributed by atoms with Crippen LogP contribution in [0.5, 0.6) is 5.75 Å². The zero-order valence-electron chi connectivity index (χ0n) is 16.8. The molecule has 30 heavy (non-hydrogen) atoms. The van der Waals surface area contributed by atoms with Gasteiger partial charge in [-0.05, 0) is 37.6 Å². The van der Waals surface area contributed by atoms with Crippen molar-refractivity contribution in [3.05, 3.63) is 58.3 Å². The Morgan fingerprint density at radius 1 is 1.07 bits per heavy atom. The van der Waals surface area contributed by atoms with Crippen LogP contribution in [0.15, 0.2) is 42.7 Å². The van der Waals surface area contributed by atoms with E-state index in [4.69, 9.17) is 27.9 Å². The molecular weight excluding hydrogens is 423 g/mol. The van der Waals surface area contributed by atoms with Crippen LogP contribution in [-0.2, 0) is 6.61 Å². The lowest BCUT2D eigenvalue weighted by molar-refractivity contribution is 0.238. The number of ether oxygens (including phenoxy) is 1. The van der Waals surface area contributed by atoms with Crippen molar-refractivity contribution in [2.24, 2.45) is 0 Å². The van der Waals surface area contributed by atoms with E-state index in [2.05, 4.69) is 14.9 Å². The minimum Gasteiger partial charge on any atom is -0.493 e. The van der Waals surface area contributed by atoms with Crippen molar-refractivity contribution in [3.63, 3.8) is 0 Å². The van der Waals surface area contributed by atoms with Gasteiger partial charge in [-0.1, -0.05) is 29.3 Å². The maximum absolute atomic E-state index is 9.38. The lowest BCUT2D eigenvalue weighted by Gasteiger charge is -2.36. The van der Waals surface area contributed by atoms with Crippen molar-refractivity contribution in [1.29, 1.82) is 0 Å². The molecule has 2 aromatic heterocycles. The minimum absolute atomic E-state index is 0.0241. The summed E-state index contributed by atoms with van der Waals surface area (Å²) >= 11 is 12.5. The van der Waals surface area contributed by atoms with Crippen LogP contribution in [0.1, 0.15) is 18.4 Å². The first kappa shape index (κ1) is 21.2. The number of piperazine rings is 1.